The van der Waals surface area contributed by atoms with Gasteiger partial charge in [-0.1, -0.05) is 29.8 Å². The van der Waals surface area contributed by atoms with Gasteiger partial charge in [-0.05, 0) is 31.9 Å². The van der Waals surface area contributed by atoms with Crippen LogP contribution in [-0.2, 0) is 9.59 Å². The molecule has 1 saturated heterocycles. The highest BCUT2D eigenvalue weighted by molar-refractivity contribution is 6.33. The van der Waals surface area contributed by atoms with Gasteiger partial charge in [0.25, 0.3) is 5.91 Å². The van der Waals surface area contributed by atoms with Crippen molar-refractivity contribution in [2.24, 2.45) is 5.92 Å². The number of pyridine rings is 1. The fourth-order valence-corrected chi connectivity index (χ4v) is 4.10. The minimum absolute atomic E-state index is 0.0634. The first-order valence-corrected chi connectivity index (χ1v) is 10.6. The van der Waals surface area contributed by atoms with E-state index in [2.05, 4.69) is 4.98 Å². The highest BCUT2D eigenvalue weighted by atomic mass is 35.5. The van der Waals surface area contributed by atoms with Gasteiger partial charge in [0.1, 0.15) is 0 Å². The molecular weight excluding hydrogens is 436 g/mol. The van der Waals surface area contributed by atoms with Gasteiger partial charge in [-0.3, -0.25) is 9.59 Å². The van der Waals surface area contributed by atoms with Crippen molar-refractivity contribution >= 4 is 34.6 Å². The zero-order chi connectivity index (χ0) is 22.8. The molecule has 1 aliphatic heterocycles. The highest BCUT2D eigenvalue weighted by Gasteiger charge is 2.31. The van der Waals surface area contributed by atoms with Crippen molar-refractivity contribution in [2.45, 2.75) is 25.9 Å². The van der Waals surface area contributed by atoms with Crippen LogP contribution in [0.1, 0.15) is 19.8 Å². The molecule has 3 heterocycles. The first kappa shape index (κ1) is 21.8. The van der Waals surface area contributed by atoms with Gasteiger partial charge >= 0.3 is 11.6 Å². The number of rotatable bonds is 5. The molecule has 1 fully saturated rings. The van der Waals surface area contributed by atoms with Gasteiger partial charge in [0.2, 0.25) is 11.6 Å². The second kappa shape index (κ2) is 9.00. The van der Waals surface area contributed by atoms with E-state index in [9.17, 15) is 19.5 Å². The lowest BCUT2D eigenvalue weighted by atomic mass is 9.98. The second-order valence-corrected chi connectivity index (χ2v) is 8.09. The van der Waals surface area contributed by atoms with E-state index >= 15 is 0 Å². The molecule has 166 valence electrons. The minimum atomic E-state index is -0.906. The number of carbonyl (C=O) groups is 2. The van der Waals surface area contributed by atoms with Gasteiger partial charge in [0.15, 0.2) is 6.10 Å². The maximum Gasteiger partial charge on any atom is 0.338 e. The highest BCUT2D eigenvalue weighted by Crippen LogP contribution is 2.32. The van der Waals surface area contributed by atoms with E-state index in [4.69, 9.17) is 20.8 Å². The number of piperidine rings is 1. The summed E-state index contributed by atoms with van der Waals surface area (Å²) < 4.78 is 11.0. The molecular formula is C23H21ClN2O6. The summed E-state index contributed by atoms with van der Waals surface area (Å²) in [5.41, 5.74) is 0.727. The van der Waals surface area contributed by atoms with E-state index in [0.29, 0.717) is 40.9 Å². The number of hydrogen-bond acceptors (Lipinski definition) is 6. The number of carboxylic acid groups (broad SMARTS) is 1. The molecule has 2 aromatic heterocycles. The van der Waals surface area contributed by atoms with Crippen LogP contribution in [0.5, 0.6) is 5.88 Å². The number of carbonyl (C=O) groups excluding carboxylic acids is 1. The molecule has 4 rings (SSSR count). The summed E-state index contributed by atoms with van der Waals surface area (Å²) in [7, 11) is 0. The summed E-state index contributed by atoms with van der Waals surface area (Å²) in [6, 6.07) is 11.8. The summed E-state index contributed by atoms with van der Waals surface area (Å²) in [6.45, 7) is 2.22. The fraction of sp³-hybridized carbons (Fsp3) is 0.304. The third-order valence-electron chi connectivity index (χ3n) is 5.48. The van der Waals surface area contributed by atoms with Crippen molar-refractivity contribution in [2.75, 3.05) is 13.1 Å². The number of aliphatic carboxylic acids is 1. The largest absolute Gasteiger partial charge is 0.481 e. The number of ether oxygens (including phenoxy) is 1. The molecule has 8 nitrogen and oxygen atoms in total. The average Bonchev–Trinajstić information content (AvgIpc) is 2.78. The lowest BCUT2D eigenvalue weighted by Gasteiger charge is -2.32. The Morgan fingerprint density at radius 1 is 1.25 bits per heavy atom. The molecule has 1 unspecified atom stereocenters. The molecule has 0 bridgehead atoms. The lowest BCUT2D eigenvalue weighted by molar-refractivity contribution is -0.147. The number of fused-ring (bicyclic) bond motifs is 1. The maximum atomic E-state index is 12.8. The fourth-order valence-electron chi connectivity index (χ4n) is 3.86. The van der Waals surface area contributed by atoms with Crippen LogP contribution in [0, 0.1) is 5.92 Å². The van der Waals surface area contributed by atoms with Crippen LogP contribution >= 0.6 is 11.6 Å². The Morgan fingerprint density at radius 3 is 2.78 bits per heavy atom. The quantitative estimate of drug-likeness (QED) is 0.624. The van der Waals surface area contributed by atoms with E-state index in [1.165, 1.54) is 11.0 Å². The number of nitrogens with zero attached hydrogens (tertiary/aromatic N) is 2. The minimum Gasteiger partial charge on any atom is -0.481 e. The number of halogens is 1. The van der Waals surface area contributed by atoms with Crippen LogP contribution in [0.25, 0.3) is 22.2 Å². The Balaban J connectivity index is 1.58. The first-order valence-electron chi connectivity index (χ1n) is 10.2. The monoisotopic (exact) mass is 456 g/mol. The first-order chi connectivity index (χ1) is 15.3. The van der Waals surface area contributed by atoms with E-state index in [-0.39, 0.29) is 24.0 Å². The molecule has 1 N–H and O–H groups in total. The SMILES string of the molecule is CC(Oc1ccc2c(-c3ccccc3Cl)cc(=O)oc2n1)C(=O)N1CCC[C@H](C(=O)O)C1. The van der Waals surface area contributed by atoms with Crippen LogP contribution in [0.2, 0.25) is 5.02 Å². The molecule has 0 aliphatic carbocycles. The Bertz CT molecular complexity index is 1240. The Hall–Kier alpha value is -3.39. The van der Waals surface area contributed by atoms with Crippen LogP contribution in [-0.4, -0.2) is 46.1 Å². The average molecular weight is 457 g/mol. The number of hydrogen-bond donors (Lipinski definition) is 1. The van der Waals surface area contributed by atoms with Crippen molar-refractivity contribution in [3.05, 3.63) is 57.9 Å². The molecule has 0 spiro atoms. The number of likely N-dealkylation sites (tertiary alicyclic amines) is 1. The molecule has 0 radical (unpaired) electrons. The number of benzene rings is 1. The van der Waals surface area contributed by atoms with E-state index in [0.717, 1.165) is 0 Å². The number of amides is 1. The van der Waals surface area contributed by atoms with Gasteiger partial charge in [-0.25, -0.2) is 4.79 Å². The molecule has 0 saturated carbocycles. The van der Waals surface area contributed by atoms with Crippen molar-refractivity contribution in [1.29, 1.82) is 0 Å². The summed E-state index contributed by atoms with van der Waals surface area (Å²) in [4.78, 5) is 41.9. The molecule has 3 aromatic rings. The van der Waals surface area contributed by atoms with Crippen LogP contribution in [0.4, 0.5) is 0 Å². The van der Waals surface area contributed by atoms with Gasteiger partial charge in [0, 0.05) is 46.8 Å². The third-order valence-corrected chi connectivity index (χ3v) is 5.81. The van der Waals surface area contributed by atoms with Crippen molar-refractivity contribution in [3.63, 3.8) is 0 Å². The lowest BCUT2D eigenvalue weighted by Crippen LogP contribution is -2.47. The Kier molecular flexibility index (Phi) is 6.14. The summed E-state index contributed by atoms with van der Waals surface area (Å²) in [6.07, 6.45) is 0.290. The predicted molar refractivity (Wildman–Crippen MR) is 118 cm³/mol. The van der Waals surface area contributed by atoms with E-state index in [1.54, 1.807) is 37.3 Å². The van der Waals surface area contributed by atoms with Crippen LogP contribution < -0.4 is 10.4 Å². The normalized spacial score (nSPS) is 17.2. The molecule has 32 heavy (non-hydrogen) atoms. The van der Waals surface area contributed by atoms with E-state index in [1.807, 2.05) is 6.07 Å². The van der Waals surface area contributed by atoms with Crippen LogP contribution in [0.15, 0.2) is 51.7 Å². The van der Waals surface area contributed by atoms with Crippen molar-refractivity contribution in [3.8, 4) is 17.0 Å². The summed E-state index contributed by atoms with van der Waals surface area (Å²) >= 11 is 6.29. The van der Waals surface area contributed by atoms with Gasteiger partial charge in [-0.15, -0.1) is 0 Å². The Morgan fingerprint density at radius 2 is 2.03 bits per heavy atom. The van der Waals surface area contributed by atoms with E-state index < -0.39 is 23.6 Å². The van der Waals surface area contributed by atoms with Gasteiger partial charge in [0.05, 0.1) is 5.92 Å². The third kappa shape index (κ3) is 4.45. The standard InChI is InChI=1S/C23H21ClN2O6/c1-13(22(28)26-10-4-5-14(12-26)23(29)30)31-19-9-8-16-17(11-20(27)32-21(16)25-19)15-6-2-3-7-18(15)24/h2-3,6-9,11,13-14H,4-5,10,12H2,1H3,(H,29,30)/t13?,14-/m0/s1. The number of aromatic nitrogens is 1. The molecule has 1 aliphatic rings. The maximum absolute atomic E-state index is 12.8. The molecule has 2 atom stereocenters. The van der Waals surface area contributed by atoms with Crippen molar-refractivity contribution < 1.29 is 23.8 Å². The smallest absolute Gasteiger partial charge is 0.338 e. The zero-order valence-corrected chi connectivity index (χ0v) is 18.0. The van der Waals surface area contributed by atoms with Crippen molar-refractivity contribution in [1.82, 2.24) is 9.88 Å². The molecule has 9 heteroatoms. The Labute approximate surface area is 188 Å². The molecule has 1 amide bonds. The second-order valence-electron chi connectivity index (χ2n) is 7.68. The summed E-state index contributed by atoms with van der Waals surface area (Å²) in [5.74, 6) is -1.68. The molecule has 1 aromatic carbocycles. The van der Waals surface area contributed by atoms with Gasteiger partial charge < -0.3 is 19.2 Å². The summed E-state index contributed by atoms with van der Waals surface area (Å²) in [5, 5.41) is 10.3. The zero-order valence-electron chi connectivity index (χ0n) is 17.3. The van der Waals surface area contributed by atoms with Crippen LogP contribution in [0.3, 0.4) is 0 Å². The number of carboxylic acids is 1. The predicted octanol–water partition coefficient (Wildman–Crippen LogP) is 3.60. The topological polar surface area (TPSA) is 110 Å². The van der Waals surface area contributed by atoms with Gasteiger partial charge in [-0.2, -0.15) is 4.98 Å².